The number of nitriles is 2. The minimum atomic E-state index is 0.384. The second kappa shape index (κ2) is 5.02. The quantitative estimate of drug-likeness (QED) is 0.850. The number of hydrogen-bond donors (Lipinski definition) is 1. The van der Waals surface area contributed by atoms with Crippen molar-refractivity contribution in [3.8, 4) is 12.1 Å². The Bertz CT molecular complexity index is 633. The molecule has 0 spiro atoms. The number of anilines is 1. The van der Waals surface area contributed by atoms with E-state index in [4.69, 9.17) is 10.5 Å². The zero-order valence-electron chi connectivity index (χ0n) is 11.5. The van der Waals surface area contributed by atoms with Crippen LogP contribution in [0.15, 0.2) is 30.4 Å². The Morgan fingerprint density at radius 3 is 2.55 bits per heavy atom. The molecule has 100 valence electrons. The van der Waals surface area contributed by atoms with Gasteiger partial charge in [0.15, 0.2) is 0 Å². The summed E-state index contributed by atoms with van der Waals surface area (Å²) in [5, 5.41) is 21.5. The fraction of sp³-hybridized carbons (Fsp3) is 0.412. The second-order valence-corrected chi connectivity index (χ2v) is 5.86. The van der Waals surface area contributed by atoms with E-state index in [0.717, 1.165) is 11.6 Å². The normalized spacial score (nSPS) is 27.9. The van der Waals surface area contributed by atoms with Crippen LogP contribution in [0.2, 0.25) is 0 Å². The first kappa shape index (κ1) is 12.8. The predicted octanol–water partition coefficient (Wildman–Crippen LogP) is 3.44. The van der Waals surface area contributed by atoms with Crippen molar-refractivity contribution < 1.29 is 0 Å². The smallest absolute Gasteiger partial charge is 0.101 e. The Hall–Kier alpha value is -2.26. The minimum Gasteiger partial charge on any atom is -0.382 e. The van der Waals surface area contributed by atoms with Gasteiger partial charge in [0.1, 0.15) is 12.1 Å². The highest BCUT2D eigenvalue weighted by Crippen LogP contribution is 2.45. The first-order valence-electron chi connectivity index (χ1n) is 7.10. The van der Waals surface area contributed by atoms with Crippen molar-refractivity contribution in [2.75, 3.05) is 5.32 Å². The highest BCUT2D eigenvalue weighted by Gasteiger charge is 2.38. The maximum atomic E-state index is 9.07. The number of hydrogen-bond acceptors (Lipinski definition) is 3. The second-order valence-electron chi connectivity index (χ2n) is 5.86. The fourth-order valence-electron chi connectivity index (χ4n) is 3.59. The molecule has 3 rings (SSSR count). The van der Waals surface area contributed by atoms with Crippen molar-refractivity contribution >= 4 is 5.69 Å². The van der Waals surface area contributed by atoms with Gasteiger partial charge in [0, 0.05) is 11.7 Å². The van der Waals surface area contributed by atoms with Crippen molar-refractivity contribution in [2.45, 2.75) is 25.8 Å². The van der Waals surface area contributed by atoms with Gasteiger partial charge < -0.3 is 5.32 Å². The molecule has 4 unspecified atom stereocenters. The highest BCUT2D eigenvalue weighted by molar-refractivity contribution is 5.56. The zero-order valence-corrected chi connectivity index (χ0v) is 11.5. The van der Waals surface area contributed by atoms with Crippen LogP contribution in [0, 0.1) is 40.4 Å². The maximum Gasteiger partial charge on any atom is 0.101 e. The Morgan fingerprint density at radius 2 is 1.95 bits per heavy atom. The van der Waals surface area contributed by atoms with Gasteiger partial charge in [-0.1, -0.05) is 12.2 Å². The molecule has 1 saturated carbocycles. The molecule has 1 N–H and O–H groups in total. The Balaban J connectivity index is 1.74. The summed E-state index contributed by atoms with van der Waals surface area (Å²) in [6.45, 7) is 2.21. The molecule has 1 aromatic carbocycles. The number of nitrogens with one attached hydrogen (secondary N) is 1. The van der Waals surface area contributed by atoms with Gasteiger partial charge in [-0.15, -0.1) is 0 Å². The minimum absolute atomic E-state index is 0.384. The lowest BCUT2D eigenvalue weighted by molar-refractivity contribution is 0.400. The molecule has 0 heterocycles. The van der Waals surface area contributed by atoms with E-state index in [9.17, 15) is 0 Å². The molecule has 20 heavy (non-hydrogen) atoms. The van der Waals surface area contributed by atoms with E-state index >= 15 is 0 Å². The topological polar surface area (TPSA) is 59.6 Å². The van der Waals surface area contributed by atoms with Crippen LogP contribution in [0.5, 0.6) is 0 Å². The van der Waals surface area contributed by atoms with E-state index in [1.807, 2.05) is 12.1 Å². The molecule has 3 nitrogen and oxygen atoms in total. The zero-order chi connectivity index (χ0) is 14.1. The summed E-state index contributed by atoms with van der Waals surface area (Å²) in [6.07, 6.45) is 7.27. The van der Waals surface area contributed by atoms with Crippen LogP contribution in [-0.4, -0.2) is 6.04 Å². The number of benzene rings is 1. The highest BCUT2D eigenvalue weighted by atomic mass is 14.9. The van der Waals surface area contributed by atoms with Crippen molar-refractivity contribution in [1.82, 2.24) is 0 Å². The Morgan fingerprint density at radius 1 is 1.15 bits per heavy atom. The van der Waals surface area contributed by atoms with Crippen LogP contribution in [0.25, 0.3) is 0 Å². The summed E-state index contributed by atoms with van der Waals surface area (Å²) < 4.78 is 0. The van der Waals surface area contributed by atoms with E-state index < -0.39 is 0 Å². The molecule has 2 bridgehead atoms. The first-order chi connectivity index (χ1) is 9.71. The first-order valence-corrected chi connectivity index (χ1v) is 7.10. The lowest BCUT2D eigenvalue weighted by Gasteiger charge is -2.27. The van der Waals surface area contributed by atoms with Crippen LogP contribution in [0.1, 0.15) is 30.9 Å². The molecule has 2 aliphatic rings. The molecule has 0 aliphatic heterocycles. The molecular formula is C17H17N3. The van der Waals surface area contributed by atoms with Crippen LogP contribution in [0.4, 0.5) is 5.69 Å². The van der Waals surface area contributed by atoms with Gasteiger partial charge >= 0.3 is 0 Å². The third kappa shape index (κ3) is 2.17. The van der Waals surface area contributed by atoms with E-state index in [2.05, 4.69) is 30.5 Å². The Labute approximate surface area is 119 Å². The summed E-state index contributed by atoms with van der Waals surface area (Å²) >= 11 is 0. The van der Waals surface area contributed by atoms with E-state index in [0.29, 0.717) is 29.0 Å². The van der Waals surface area contributed by atoms with E-state index in [1.165, 1.54) is 12.8 Å². The van der Waals surface area contributed by atoms with Crippen LogP contribution in [-0.2, 0) is 0 Å². The SMILES string of the molecule is CC(Nc1ccc(C#N)c(C#N)c1)C1CC2C=CC1C2. The standard InChI is InChI=1S/C17H17N3/c1-11(17-7-12-2-3-13(17)6-12)20-16-5-4-14(9-18)15(8-16)10-19/h2-5,8,11-13,17,20H,6-7H2,1H3. The molecule has 0 saturated heterocycles. The van der Waals surface area contributed by atoms with E-state index in [-0.39, 0.29) is 0 Å². The molecule has 0 aromatic heterocycles. The molecule has 4 atom stereocenters. The van der Waals surface area contributed by atoms with Gasteiger partial charge in [-0.05, 0) is 55.7 Å². The Kier molecular flexibility index (Phi) is 3.20. The largest absolute Gasteiger partial charge is 0.382 e. The summed E-state index contributed by atoms with van der Waals surface area (Å²) in [5.41, 5.74) is 1.81. The van der Waals surface area contributed by atoms with Gasteiger partial charge in [-0.25, -0.2) is 0 Å². The molecule has 3 heteroatoms. The average molecular weight is 263 g/mol. The van der Waals surface area contributed by atoms with Crippen molar-refractivity contribution in [1.29, 1.82) is 10.5 Å². The fourth-order valence-corrected chi connectivity index (χ4v) is 3.59. The van der Waals surface area contributed by atoms with Gasteiger partial charge in [0.25, 0.3) is 0 Å². The summed E-state index contributed by atoms with van der Waals surface area (Å²) in [4.78, 5) is 0. The molecule has 1 aromatic rings. The van der Waals surface area contributed by atoms with Crippen LogP contribution >= 0.6 is 0 Å². The molecule has 0 amide bonds. The average Bonchev–Trinajstić information content (AvgIpc) is 3.09. The summed E-state index contributed by atoms with van der Waals surface area (Å²) in [6, 6.07) is 9.89. The number of fused-ring (bicyclic) bond motifs is 2. The number of rotatable bonds is 3. The predicted molar refractivity (Wildman–Crippen MR) is 77.8 cm³/mol. The van der Waals surface area contributed by atoms with Crippen LogP contribution in [0.3, 0.4) is 0 Å². The van der Waals surface area contributed by atoms with Gasteiger partial charge in [0.2, 0.25) is 0 Å². The lowest BCUT2D eigenvalue weighted by atomic mass is 9.87. The monoisotopic (exact) mass is 263 g/mol. The van der Waals surface area contributed by atoms with Crippen LogP contribution < -0.4 is 5.32 Å². The summed E-state index contributed by atoms with van der Waals surface area (Å²) in [7, 11) is 0. The third-order valence-corrected chi connectivity index (χ3v) is 4.63. The van der Waals surface area contributed by atoms with Crippen molar-refractivity contribution in [2.24, 2.45) is 17.8 Å². The number of nitrogens with zero attached hydrogens (tertiary/aromatic N) is 2. The maximum absolute atomic E-state index is 9.07. The van der Waals surface area contributed by atoms with Crippen molar-refractivity contribution in [3.63, 3.8) is 0 Å². The van der Waals surface area contributed by atoms with E-state index in [1.54, 1.807) is 12.1 Å². The molecule has 1 fully saturated rings. The van der Waals surface area contributed by atoms with Gasteiger partial charge in [0.05, 0.1) is 11.1 Å². The summed E-state index contributed by atoms with van der Waals surface area (Å²) in [5.74, 6) is 2.15. The van der Waals surface area contributed by atoms with Gasteiger partial charge in [-0.3, -0.25) is 0 Å². The van der Waals surface area contributed by atoms with Gasteiger partial charge in [-0.2, -0.15) is 10.5 Å². The molecule has 2 aliphatic carbocycles. The lowest BCUT2D eigenvalue weighted by Crippen LogP contribution is -2.28. The third-order valence-electron chi connectivity index (χ3n) is 4.63. The molecular weight excluding hydrogens is 246 g/mol. The van der Waals surface area contributed by atoms with Crippen molar-refractivity contribution in [3.05, 3.63) is 41.5 Å². The number of allylic oxidation sites excluding steroid dienone is 2. The molecule has 0 radical (unpaired) electrons.